The van der Waals surface area contributed by atoms with Crippen molar-refractivity contribution in [1.29, 1.82) is 0 Å². The summed E-state index contributed by atoms with van der Waals surface area (Å²) in [6.07, 6.45) is 6.10. The van der Waals surface area contributed by atoms with Crippen LogP contribution in [0.4, 0.5) is 5.13 Å². The van der Waals surface area contributed by atoms with E-state index in [1.54, 1.807) is 12.5 Å². The van der Waals surface area contributed by atoms with Crippen molar-refractivity contribution in [2.24, 2.45) is 0 Å². The summed E-state index contributed by atoms with van der Waals surface area (Å²) in [4.78, 5) is 10.2. The minimum absolute atomic E-state index is 0.0126. The largest absolute Gasteiger partial charge is 0.497 e. The quantitative estimate of drug-likeness (QED) is 0.648. The third-order valence-corrected chi connectivity index (χ3v) is 6.62. The minimum Gasteiger partial charge on any atom is -0.497 e. The molecule has 1 aromatic carbocycles. The van der Waals surface area contributed by atoms with Gasteiger partial charge >= 0.3 is 0 Å². The van der Waals surface area contributed by atoms with E-state index in [1.165, 1.54) is 27.8 Å². The molecule has 5 nitrogen and oxygen atoms in total. The fraction of sp³-hybridized carbons (Fsp3) is 0.286. The van der Waals surface area contributed by atoms with Crippen LogP contribution in [-0.4, -0.2) is 34.1 Å². The molecule has 2 N–H and O–H groups in total. The van der Waals surface area contributed by atoms with Gasteiger partial charge in [-0.3, -0.25) is 0 Å². The second-order valence-electron chi connectivity index (χ2n) is 7.07. The highest BCUT2D eigenvalue weighted by atomic mass is 35.5. The highest BCUT2D eigenvalue weighted by Crippen LogP contribution is 2.38. The molecule has 2 atom stereocenters. The van der Waals surface area contributed by atoms with Gasteiger partial charge in [-0.15, -0.1) is 22.9 Å². The first kappa shape index (κ1) is 17.6. The van der Waals surface area contributed by atoms with Crippen molar-refractivity contribution in [1.82, 2.24) is 9.97 Å². The lowest BCUT2D eigenvalue weighted by molar-refractivity contribution is 0.414. The smallest absolute Gasteiger partial charge is 0.223 e. The fourth-order valence-corrected chi connectivity index (χ4v) is 5.13. The van der Waals surface area contributed by atoms with Crippen LogP contribution in [0.2, 0.25) is 0 Å². The molecule has 2 aliphatic rings. The molecular weight excluding hydrogens is 394 g/mol. The van der Waals surface area contributed by atoms with Crippen molar-refractivity contribution >= 4 is 40.2 Å². The zero-order valence-corrected chi connectivity index (χ0v) is 16.9. The summed E-state index contributed by atoms with van der Waals surface area (Å²) in [6, 6.07) is 8.14. The molecule has 0 radical (unpaired) electrons. The molecular formula is C21H20ClN3O2S. The first-order valence-corrected chi connectivity index (χ1v) is 10.6. The second-order valence-corrected chi connectivity index (χ2v) is 8.47. The Balaban J connectivity index is 1.69. The van der Waals surface area contributed by atoms with E-state index in [9.17, 15) is 5.11 Å². The van der Waals surface area contributed by atoms with Crippen LogP contribution in [0.3, 0.4) is 0 Å². The summed E-state index contributed by atoms with van der Waals surface area (Å²) < 4.78 is 5.33. The van der Waals surface area contributed by atoms with E-state index in [0.717, 1.165) is 41.2 Å². The molecule has 2 unspecified atom stereocenters. The van der Waals surface area contributed by atoms with E-state index >= 15 is 0 Å². The number of methoxy groups -OCH3 is 1. The number of benzene rings is 1. The van der Waals surface area contributed by atoms with Gasteiger partial charge in [0.1, 0.15) is 5.75 Å². The van der Waals surface area contributed by atoms with Crippen molar-refractivity contribution in [2.75, 3.05) is 18.6 Å². The van der Waals surface area contributed by atoms with E-state index in [1.807, 2.05) is 12.1 Å². The molecule has 3 aromatic rings. The highest BCUT2D eigenvalue weighted by molar-refractivity contribution is 7.13. The molecule has 0 amide bonds. The number of H-pyrrole nitrogens is 1. The number of nitrogens with one attached hydrogen (secondary N) is 1. The number of aromatic nitrogens is 2. The molecule has 5 rings (SSSR count). The Bertz CT molecular complexity index is 1140. The Hall–Kier alpha value is -2.44. The molecule has 0 spiro atoms. The Kier molecular flexibility index (Phi) is 4.33. The third-order valence-electron chi connectivity index (χ3n) is 5.45. The van der Waals surface area contributed by atoms with Gasteiger partial charge in [-0.2, -0.15) is 4.98 Å². The maximum Gasteiger partial charge on any atom is 0.223 e. The van der Waals surface area contributed by atoms with Crippen molar-refractivity contribution < 1.29 is 9.84 Å². The zero-order chi connectivity index (χ0) is 19.3. The van der Waals surface area contributed by atoms with Gasteiger partial charge < -0.3 is 19.7 Å². The molecule has 28 heavy (non-hydrogen) atoms. The van der Waals surface area contributed by atoms with Crippen LogP contribution in [0, 0.1) is 0 Å². The van der Waals surface area contributed by atoms with E-state index < -0.39 is 0 Å². The number of hydrogen-bond donors (Lipinski definition) is 2. The van der Waals surface area contributed by atoms with Crippen LogP contribution < -0.4 is 20.2 Å². The molecule has 1 aliphatic heterocycles. The Morgan fingerprint density at radius 1 is 1.32 bits per heavy atom. The average Bonchev–Trinajstić information content (AvgIpc) is 3.30. The second kappa shape index (κ2) is 6.87. The standard InChI is InChI=1S/C21H20ClN3O2S/c1-27-14-5-2-12(3-6-14)20-19-15(16-10-13(22)4-7-17(16)23-19)8-9-25(20)21-24-18(26)11-28-21/h2-3,5-7,10-11,13,20,23,26H,4,8-9H2,1H3. The monoisotopic (exact) mass is 413 g/mol. The highest BCUT2D eigenvalue weighted by Gasteiger charge is 2.33. The van der Waals surface area contributed by atoms with Crippen molar-refractivity contribution in [3.05, 3.63) is 57.0 Å². The van der Waals surface area contributed by atoms with E-state index in [2.05, 4.69) is 39.2 Å². The van der Waals surface area contributed by atoms with E-state index in [4.69, 9.17) is 16.3 Å². The average molecular weight is 414 g/mol. The lowest BCUT2D eigenvalue weighted by Crippen LogP contribution is -2.38. The van der Waals surface area contributed by atoms with Gasteiger partial charge in [-0.25, -0.2) is 0 Å². The van der Waals surface area contributed by atoms with Crippen LogP contribution in [-0.2, 0) is 6.42 Å². The summed E-state index contributed by atoms with van der Waals surface area (Å²) in [6.45, 7) is 0.821. The van der Waals surface area contributed by atoms with Gasteiger partial charge in [0.05, 0.1) is 23.9 Å². The number of ether oxygens (including phenoxy) is 1. The topological polar surface area (TPSA) is 61.4 Å². The fourth-order valence-electron chi connectivity index (χ4n) is 4.17. The first-order valence-electron chi connectivity index (χ1n) is 9.26. The number of thiazole rings is 1. The van der Waals surface area contributed by atoms with Crippen molar-refractivity contribution in [3.63, 3.8) is 0 Å². The first-order chi connectivity index (χ1) is 13.6. The summed E-state index contributed by atoms with van der Waals surface area (Å²) in [7, 11) is 1.67. The molecule has 1 aliphatic carbocycles. The van der Waals surface area contributed by atoms with Crippen LogP contribution >= 0.6 is 22.9 Å². The number of anilines is 1. The number of rotatable bonds is 3. The summed E-state index contributed by atoms with van der Waals surface area (Å²) in [5, 5.41) is 14.7. The maximum absolute atomic E-state index is 9.79. The number of halogens is 1. The SMILES string of the molecule is COc1ccc(C2c3[nH]c4c(c3CCN2c2nc(O)cs2)=CC(Cl)CC=4)cc1. The number of hydrogen-bond acceptors (Lipinski definition) is 5. The summed E-state index contributed by atoms with van der Waals surface area (Å²) >= 11 is 7.86. The van der Waals surface area contributed by atoms with Crippen LogP contribution in [0.1, 0.15) is 29.3 Å². The molecule has 3 heterocycles. The van der Waals surface area contributed by atoms with Crippen LogP contribution in [0.25, 0.3) is 12.2 Å². The summed E-state index contributed by atoms with van der Waals surface area (Å²) in [5.74, 6) is 0.896. The Morgan fingerprint density at radius 3 is 2.86 bits per heavy atom. The van der Waals surface area contributed by atoms with Gasteiger partial charge in [0.15, 0.2) is 5.13 Å². The maximum atomic E-state index is 9.79. The van der Waals surface area contributed by atoms with Crippen LogP contribution in [0.5, 0.6) is 11.6 Å². The van der Waals surface area contributed by atoms with E-state index in [0.29, 0.717) is 0 Å². The molecule has 0 fully saturated rings. The molecule has 0 bridgehead atoms. The van der Waals surface area contributed by atoms with Crippen molar-refractivity contribution in [2.45, 2.75) is 24.3 Å². The number of aromatic hydroxyl groups is 1. The number of fused-ring (bicyclic) bond motifs is 3. The Morgan fingerprint density at radius 2 is 2.14 bits per heavy atom. The van der Waals surface area contributed by atoms with Gasteiger partial charge in [0.25, 0.3) is 0 Å². The lowest BCUT2D eigenvalue weighted by Gasteiger charge is -2.36. The lowest BCUT2D eigenvalue weighted by atomic mass is 9.93. The Labute approximate surface area is 171 Å². The third kappa shape index (κ3) is 2.88. The predicted octanol–water partition coefficient (Wildman–Crippen LogP) is 2.91. The summed E-state index contributed by atoms with van der Waals surface area (Å²) in [5.41, 5.74) is 3.65. The normalized spacial score (nSPS) is 20.7. The van der Waals surface area contributed by atoms with Gasteiger partial charge in [-0.05, 0) is 36.1 Å². The zero-order valence-electron chi connectivity index (χ0n) is 15.4. The minimum atomic E-state index is -0.0126. The molecule has 7 heteroatoms. The molecule has 0 saturated heterocycles. The van der Waals surface area contributed by atoms with E-state index in [-0.39, 0.29) is 17.3 Å². The van der Waals surface area contributed by atoms with Gasteiger partial charge in [0, 0.05) is 22.8 Å². The molecule has 2 aromatic heterocycles. The molecule has 0 saturated carbocycles. The predicted molar refractivity (Wildman–Crippen MR) is 113 cm³/mol. The number of aromatic amines is 1. The van der Waals surface area contributed by atoms with Crippen LogP contribution in [0.15, 0.2) is 29.6 Å². The van der Waals surface area contributed by atoms with Gasteiger partial charge in [-0.1, -0.05) is 24.3 Å². The van der Waals surface area contributed by atoms with Crippen molar-refractivity contribution in [3.8, 4) is 11.6 Å². The van der Waals surface area contributed by atoms with Gasteiger partial charge in [0.2, 0.25) is 5.88 Å². The number of nitrogens with zero attached hydrogens (tertiary/aromatic N) is 2. The molecule has 144 valence electrons. The number of alkyl halides is 1.